The molecule has 1 aromatic rings. The molecule has 0 spiro atoms. The van der Waals surface area contributed by atoms with Crippen molar-refractivity contribution in [3.63, 3.8) is 0 Å². The number of hydrogen-bond donors (Lipinski definition) is 1. The Balaban J connectivity index is 2.35. The molecule has 0 aliphatic rings. The maximum Gasteiger partial charge on any atom is 0.307 e. The highest BCUT2D eigenvalue weighted by molar-refractivity contribution is 5.70. The zero-order valence-corrected chi connectivity index (χ0v) is 10.1. The number of rotatable bonds is 6. The van der Waals surface area contributed by atoms with Crippen molar-refractivity contribution < 1.29 is 14.5 Å². The quantitative estimate of drug-likeness (QED) is 0.460. The van der Waals surface area contributed by atoms with Crippen LogP contribution in [0.2, 0.25) is 0 Å². The zero-order valence-electron chi connectivity index (χ0n) is 10.1. The number of nitrogens with zero attached hydrogens (tertiary/aromatic N) is 3. The van der Waals surface area contributed by atoms with E-state index in [2.05, 4.69) is 15.3 Å². The number of nitrogens with one attached hydrogen (secondary N) is 1. The summed E-state index contributed by atoms with van der Waals surface area (Å²) in [4.78, 5) is 28.5. The molecule has 1 rings (SSSR count). The summed E-state index contributed by atoms with van der Waals surface area (Å²) in [6.45, 7) is 3.85. The molecule has 0 radical (unpaired) electrons. The van der Waals surface area contributed by atoms with E-state index in [-0.39, 0.29) is 30.1 Å². The SMILES string of the molecule is CC(C)OC(=O)CCNc1ncc([N+](=O)[O-])cn1. The average molecular weight is 254 g/mol. The van der Waals surface area contributed by atoms with Crippen LogP contribution in [0.5, 0.6) is 0 Å². The number of carbonyl (C=O) groups is 1. The van der Waals surface area contributed by atoms with E-state index in [4.69, 9.17) is 4.74 Å². The first kappa shape index (κ1) is 13.8. The van der Waals surface area contributed by atoms with E-state index in [1.54, 1.807) is 13.8 Å². The molecule has 0 saturated carbocycles. The van der Waals surface area contributed by atoms with Crippen LogP contribution in [-0.4, -0.2) is 33.5 Å². The van der Waals surface area contributed by atoms with E-state index in [1.807, 2.05) is 0 Å². The fraction of sp³-hybridized carbons (Fsp3) is 0.500. The molecule has 0 bridgehead atoms. The van der Waals surface area contributed by atoms with E-state index in [0.29, 0.717) is 6.54 Å². The Morgan fingerprint density at radius 3 is 2.61 bits per heavy atom. The van der Waals surface area contributed by atoms with Gasteiger partial charge in [0, 0.05) is 6.54 Å². The van der Waals surface area contributed by atoms with Crippen molar-refractivity contribution in [2.45, 2.75) is 26.4 Å². The topological polar surface area (TPSA) is 107 Å². The lowest BCUT2D eigenvalue weighted by Gasteiger charge is -2.08. The highest BCUT2D eigenvalue weighted by Crippen LogP contribution is 2.07. The number of hydrogen-bond acceptors (Lipinski definition) is 7. The second-order valence-corrected chi connectivity index (χ2v) is 3.74. The van der Waals surface area contributed by atoms with Gasteiger partial charge in [-0.2, -0.15) is 0 Å². The molecule has 0 aliphatic heterocycles. The summed E-state index contributed by atoms with van der Waals surface area (Å²) in [5.41, 5.74) is -0.181. The lowest BCUT2D eigenvalue weighted by molar-refractivity contribution is -0.385. The lowest BCUT2D eigenvalue weighted by Crippen LogP contribution is -2.16. The van der Waals surface area contributed by atoms with Crippen molar-refractivity contribution in [1.29, 1.82) is 0 Å². The van der Waals surface area contributed by atoms with Gasteiger partial charge in [-0.15, -0.1) is 0 Å². The van der Waals surface area contributed by atoms with Crippen molar-refractivity contribution >= 4 is 17.6 Å². The molecule has 18 heavy (non-hydrogen) atoms. The number of anilines is 1. The van der Waals surface area contributed by atoms with Gasteiger partial charge in [0.05, 0.1) is 17.4 Å². The third kappa shape index (κ3) is 4.73. The monoisotopic (exact) mass is 254 g/mol. The molecular weight excluding hydrogens is 240 g/mol. The van der Waals surface area contributed by atoms with Crippen molar-refractivity contribution in [3.05, 3.63) is 22.5 Å². The highest BCUT2D eigenvalue weighted by Gasteiger charge is 2.08. The van der Waals surface area contributed by atoms with Gasteiger partial charge in [0.15, 0.2) is 0 Å². The molecular formula is C10H14N4O4. The molecule has 0 aromatic carbocycles. The van der Waals surface area contributed by atoms with Gasteiger partial charge in [0.25, 0.3) is 0 Å². The minimum absolute atomic E-state index is 0.145. The molecule has 1 N–H and O–H groups in total. The molecule has 1 heterocycles. The van der Waals surface area contributed by atoms with E-state index in [0.717, 1.165) is 12.4 Å². The Kier molecular flexibility index (Phi) is 4.97. The minimum Gasteiger partial charge on any atom is -0.463 e. The molecule has 0 unspecified atom stereocenters. The van der Waals surface area contributed by atoms with Gasteiger partial charge in [0.1, 0.15) is 12.4 Å². The molecule has 0 saturated heterocycles. The zero-order chi connectivity index (χ0) is 13.5. The van der Waals surface area contributed by atoms with Crippen molar-refractivity contribution in [2.24, 2.45) is 0 Å². The normalized spacial score (nSPS) is 10.2. The minimum atomic E-state index is -0.580. The fourth-order valence-corrected chi connectivity index (χ4v) is 1.10. The Morgan fingerprint density at radius 2 is 2.11 bits per heavy atom. The summed E-state index contributed by atoms with van der Waals surface area (Å²) in [6, 6.07) is 0. The molecule has 0 fully saturated rings. The first-order valence-electron chi connectivity index (χ1n) is 5.39. The first-order valence-corrected chi connectivity index (χ1v) is 5.39. The standard InChI is InChI=1S/C10H14N4O4/c1-7(2)18-9(15)3-4-11-10-12-5-8(6-13-10)14(16)17/h5-7H,3-4H2,1-2H3,(H,11,12,13). The van der Waals surface area contributed by atoms with Crippen LogP contribution in [0.4, 0.5) is 11.6 Å². The van der Waals surface area contributed by atoms with Crippen LogP contribution < -0.4 is 5.32 Å². The van der Waals surface area contributed by atoms with E-state index >= 15 is 0 Å². The van der Waals surface area contributed by atoms with Crippen LogP contribution in [0.25, 0.3) is 0 Å². The summed E-state index contributed by atoms with van der Waals surface area (Å²) in [7, 11) is 0. The highest BCUT2D eigenvalue weighted by atomic mass is 16.6. The molecule has 8 heteroatoms. The van der Waals surface area contributed by atoms with E-state index in [9.17, 15) is 14.9 Å². The lowest BCUT2D eigenvalue weighted by atomic mass is 10.4. The fourth-order valence-electron chi connectivity index (χ4n) is 1.10. The Hall–Kier alpha value is -2.25. The second-order valence-electron chi connectivity index (χ2n) is 3.74. The third-order valence-electron chi connectivity index (χ3n) is 1.83. The summed E-state index contributed by atoms with van der Waals surface area (Å²) in [5, 5.41) is 13.1. The molecule has 8 nitrogen and oxygen atoms in total. The maximum absolute atomic E-state index is 11.2. The molecule has 0 amide bonds. The predicted molar refractivity (Wildman–Crippen MR) is 63.0 cm³/mol. The number of nitro groups is 1. The van der Waals surface area contributed by atoms with E-state index in [1.165, 1.54) is 0 Å². The van der Waals surface area contributed by atoms with Gasteiger partial charge in [0.2, 0.25) is 5.95 Å². The Morgan fingerprint density at radius 1 is 1.50 bits per heavy atom. The smallest absolute Gasteiger partial charge is 0.307 e. The molecule has 0 atom stereocenters. The third-order valence-corrected chi connectivity index (χ3v) is 1.83. The average Bonchev–Trinajstić information content (AvgIpc) is 2.28. The van der Waals surface area contributed by atoms with Gasteiger partial charge in [-0.1, -0.05) is 0 Å². The van der Waals surface area contributed by atoms with Crippen molar-refractivity contribution in [3.8, 4) is 0 Å². The van der Waals surface area contributed by atoms with Gasteiger partial charge in [-0.25, -0.2) is 9.97 Å². The van der Waals surface area contributed by atoms with Crippen LogP contribution in [-0.2, 0) is 9.53 Å². The number of aromatic nitrogens is 2. The second kappa shape index (κ2) is 6.48. The molecule has 1 aromatic heterocycles. The van der Waals surface area contributed by atoms with Gasteiger partial charge in [-0.05, 0) is 13.8 Å². The maximum atomic E-state index is 11.2. The van der Waals surface area contributed by atoms with Crippen molar-refractivity contribution in [2.75, 3.05) is 11.9 Å². The number of ether oxygens (including phenoxy) is 1. The summed E-state index contributed by atoms with van der Waals surface area (Å²) in [5.74, 6) is -0.0858. The molecule has 98 valence electrons. The Labute approximate surface area is 104 Å². The largest absolute Gasteiger partial charge is 0.463 e. The number of carbonyl (C=O) groups excluding carboxylic acids is 1. The summed E-state index contributed by atoms with van der Waals surface area (Å²) < 4.78 is 4.93. The summed E-state index contributed by atoms with van der Waals surface area (Å²) >= 11 is 0. The van der Waals surface area contributed by atoms with Crippen LogP contribution >= 0.6 is 0 Å². The molecule has 0 aliphatic carbocycles. The van der Waals surface area contributed by atoms with Crippen LogP contribution in [0.1, 0.15) is 20.3 Å². The van der Waals surface area contributed by atoms with E-state index < -0.39 is 4.92 Å². The van der Waals surface area contributed by atoms with Gasteiger partial charge >= 0.3 is 11.7 Å². The van der Waals surface area contributed by atoms with Gasteiger partial charge < -0.3 is 10.1 Å². The summed E-state index contributed by atoms with van der Waals surface area (Å²) in [6.07, 6.45) is 2.23. The van der Waals surface area contributed by atoms with Crippen LogP contribution in [0, 0.1) is 10.1 Å². The Bertz CT molecular complexity index is 418. The first-order chi connectivity index (χ1) is 8.49. The number of esters is 1. The predicted octanol–water partition coefficient (Wildman–Crippen LogP) is 1.14. The van der Waals surface area contributed by atoms with Crippen LogP contribution in [0.15, 0.2) is 12.4 Å². The van der Waals surface area contributed by atoms with Crippen LogP contribution in [0.3, 0.4) is 0 Å². The van der Waals surface area contributed by atoms with Gasteiger partial charge in [-0.3, -0.25) is 14.9 Å². The van der Waals surface area contributed by atoms with Crippen molar-refractivity contribution in [1.82, 2.24) is 9.97 Å².